The number of carbonyl (C=O) groups is 2. The fourth-order valence-corrected chi connectivity index (χ4v) is 2.96. The average Bonchev–Trinajstić information content (AvgIpc) is 2.35. The number of sulfone groups is 1. The number of aliphatic carboxylic acids is 1. The molecule has 0 aromatic heterocycles. The van der Waals surface area contributed by atoms with Gasteiger partial charge in [-0.3, -0.25) is 9.59 Å². The fourth-order valence-electron chi connectivity index (χ4n) is 1.72. The Kier molecular flexibility index (Phi) is 5.05. The van der Waals surface area contributed by atoms with Gasteiger partial charge in [0.1, 0.15) is 0 Å². The van der Waals surface area contributed by atoms with Crippen molar-refractivity contribution < 1.29 is 23.1 Å². The minimum absolute atomic E-state index is 0.0199. The maximum Gasteiger partial charge on any atom is 0.303 e. The SMILES string of the molecule is Cc1ccc(S(=O)(=O)C(C)C)c(C(=O)CCC(=O)O)c1. The smallest absolute Gasteiger partial charge is 0.303 e. The molecule has 0 spiro atoms. The summed E-state index contributed by atoms with van der Waals surface area (Å²) in [7, 11) is -3.58. The van der Waals surface area contributed by atoms with Gasteiger partial charge in [-0.25, -0.2) is 8.42 Å². The van der Waals surface area contributed by atoms with E-state index in [4.69, 9.17) is 5.11 Å². The number of ketones is 1. The Morgan fingerprint density at radius 3 is 2.30 bits per heavy atom. The Labute approximate surface area is 118 Å². The molecular weight excluding hydrogens is 280 g/mol. The van der Waals surface area contributed by atoms with E-state index in [-0.39, 0.29) is 23.3 Å². The third kappa shape index (κ3) is 3.66. The predicted octanol–water partition coefficient (Wildman–Crippen LogP) is 2.22. The van der Waals surface area contributed by atoms with Crippen molar-refractivity contribution in [3.63, 3.8) is 0 Å². The Balaban J connectivity index is 3.28. The van der Waals surface area contributed by atoms with Gasteiger partial charge in [0.25, 0.3) is 0 Å². The van der Waals surface area contributed by atoms with Gasteiger partial charge in [0, 0.05) is 12.0 Å². The van der Waals surface area contributed by atoms with Crippen LogP contribution in [0.4, 0.5) is 0 Å². The molecule has 1 N–H and O–H groups in total. The highest BCUT2D eigenvalue weighted by Crippen LogP contribution is 2.23. The molecule has 0 atom stereocenters. The van der Waals surface area contributed by atoms with Crippen molar-refractivity contribution in [1.29, 1.82) is 0 Å². The molecule has 0 unspecified atom stereocenters. The van der Waals surface area contributed by atoms with E-state index in [1.54, 1.807) is 26.8 Å². The first-order valence-electron chi connectivity index (χ1n) is 6.25. The summed E-state index contributed by atoms with van der Waals surface area (Å²) in [6, 6.07) is 4.54. The molecule has 0 aliphatic heterocycles. The van der Waals surface area contributed by atoms with Crippen molar-refractivity contribution in [2.75, 3.05) is 0 Å². The maximum absolute atomic E-state index is 12.2. The number of aryl methyl sites for hydroxylation is 1. The zero-order valence-corrected chi connectivity index (χ0v) is 12.5. The lowest BCUT2D eigenvalue weighted by Crippen LogP contribution is -2.18. The zero-order chi connectivity index (χ0) is 15.5. The first-order valence-corrected chi connectivity index (χ1v) is 7.80. The summed E-state index contributed by atoms with van der Waals surface area (Å²) in [4.78, 5) is 22.6. The summed E-state index contributed by atoms with van der Waals surface area (Å²) in [5.74, 6) is -1.55. The maximum atomic E-state index is 12.2. The van der Waals surface area contributed by atoms with Crippen LogP contribution in [0.1, 0.15) is 42.6 Å². The molecule has 0 saturated carbocycles. The van der Waals surface area contributed by atoms with E-state index in [9.17, 15) is 18.0 Å². The van der Waals surface area contributed by atoms with Gasteiger partial charge < -0.3 is 5.11 Å². The number of benzene rings is 1. The van der Waals surface area contributed by atoms with Crippen LogP contribution in [-0.4, -0.2) is 30.5 Å². The lowest BCUT2D eigenvalue weighted by molar-refractivity contribution is -0.136. The Hall–Kier alpha value is -1.69. The van der Waals surface area contributed by atoms with Gasteiger partial charge in [0.2, 0.25) is 0 Å². The number of hydrogen-bond acceptors (Lipinski definition) is 4. The molecule has 0 amide bonds. The second kappa shape index (κ2) is 6.17. The molecule has 0 radical (unpaired) electrons. The van der Waals surface area contributed by atoms with E-state index in [0.717, 1.165) is 5.56 Å². The predicted molar refractivity (Wildman–Crippen MR) is 74.7 cm³/mol. The van der Waals surface area contributed by atoms with Crippen molar-refractivity contribution in [3.8, 4) is 0 Å². The van der Waals surface area contributed by atoms with Crippen LogP contribution in [0, 0.1) is 6.92 Å². The molecule has 20 heavy (non-hydrogen) atoms. The Morgan fingerprint density at radius 2 is 1.80 bits per heavy atom. The van der Waals surface area contributed by atoms with E-state index < -0.39 is 26.8 Å². The van der Waals surface area contributed by atoms with Crippen LogP contribution in [0.15, 0.2) is 23.1 Å². The third-order valence-electron chi connectivity index (χ3n) is 2.93. The first kappa shape index (κ1) is 16.4. The van der Waals surface area contributed by atoms with Crippen LogP contribution < -0.4 is 0 Å². The Morgan fingerprint density at radius 1 is 1.20 bits per heavy atom. The highest BCUT2D eigenvalue weighted by molar-refractivity contribution is 7.92. The summed E-state index contributed by atoms with van der Waals surface area (Å²) in [6.07, 6.45) is -0.520. The van der Waals surface area contributed by atoms with Gasteiger partial charge in [-0.1, -0.05) is 11.6 Å². The van der Waals surface area contributed by atoms with Crippen LogP contribution in [0.2, 0.25) is 0 Å². The number of Topliss-reactive ketones (excluding diaryl/α,β-unsaturated/α-hetero) is 1. The highest BCUT2D eigenvalue weighted by Gasteiger charge is 2.25. The number of rotatable bonds is 6. The molecule has 1 aromatic rings. The lowest BCUT2D eigenvalue weighted by Gasteiger charge is -2.13. The average molecular weight is 298 g/mol. The van der Waals surface area contributed by atoms with Crippen molar-refractivity contribution in [1.82, 2.24) is 0 Å². The molecule has 0 heterocycles. The first-order chi connectivity index (χ1) is 9.16. The van der Waals surface area contributed by atoms with E-state index in [2.05, 4.69) is 0 Å². The van der Waals surface area contributed by atoms with Gasteiger partial charge in [-0.05, 0) is 32.9 Å². The van der Waals surface area contributed by atoms with Crippen LogP contribution in [0.25, 0.3) is 0 Å². The van der Waals surface area contributed by atoms with Crippen LogP contribution in [0.3, 0.4) is 0 Å². The lowest BCUT2D eigenvalue weighted by atomic mass is 10.0. The normalized spacial score (nSPS) is 11.6. The number of carbonyl (C=O) groups excluding carboxylic acids is 1. The summed E-state index contributed by atoms with van der Waals surface area (Å²) < 4.78 is 24.5. The monoisotopic (exact) mass is 298 g/mol. The van der Waals surface area contributed by atoms with Crippen LogP contribution >= 0.6 is 0 Å². The molecular formula is C14H18O5S. The molecule has 0 aliphatic rings. The highest BCUT2D eigenvalue weighted by atomic mass is 32.2. The molecule has 5 nitrogen and oxygen atoms in total. The van der Waals surface area contributed by atoms with Crippen molar-refractivity contribution in [2.45, 2.75) is 43.8 Å². The van der Waals surface area contributed by atoms with Crippen molar-refractivity contribution in [2.24, 2.45) is 0 Å². The molecule has 0 bridgehead atoms. The second-order valence-corrected chi connectivity index (χ2v) is 7.38. The molecule has 1 aromatic carbocycles. The largest absolute Gasteiger partial charge is 0.481 e. The number of carboxylic acids is 1. The van der Waals surface area contributed by atoms with Gasteiger partial charge in [-0.2, -0.15) is 0 Å². The minimum Gasteiger partial charge on any atom is -0.481 e. The topological polar surface area (TPSA) is 88.5 Å². The zero-order valence-electron chi connectivity index (χ0n) is 11.7. The van der Waals surface area contributed by atoms with Gasteiger partial charge in [0.15, 0.2) is 15.6 Å². The van der Waals surface area contributed by atoms with Gasteiger partial charge in [0.05, 0.1) is 16.6 Å². The number of carboxylic acid groups (broad SMARTS) is 1. The Bertz CT molecular complexity index is 629. The summed E-state index contributed by atoms with van der Waals surface area (Å²) in [5, 5.41) is 7.97. The summed E-state index contributed by atoms with van der Waals surface area (Å²) >= 11 is 0. The quantitative estimate of drug-likeness (QED) is 0.813. The molecule has 0 aliphatic carbocycles. The van der Waals surface area contributed by atoms with Gasteiger partial charge >= 0.3 is 5.97 Å². The molecule has 6 heteroatoms. The fraction of sp³-hybridized carbons (Fsp3) is 0.429. The van der Waals surface area contributed by atoms with E-state index in [0.29, 0.717) is 0 Å². The van der Waals surface area contributed by atoms with Crippen molar-refractivity contribution in [3.05, 3.63) is 29.3 Å². The van der Waals surface area contributed by atoms with Gasteiger partial charge in [-0.15, -0.1) is 0 Å². The molecule has 1 rings (SSSR count). The molecule has 110 valence electrons. The van der Waals surface area contributed by atoms with E-state index in [1.165, 1.54) is 12.1 Å². The second-order valence-electron chi connectivity index (χ2n) is 4.91. The molecule has 0 fully saturated rings. The van der Waals surface area contributed by atoms with Crippen LogP contribution in [-0.2, 0) is 14.6 Å². The summed E-state index contributed by atoms with van der Waals surface area (Å²) in [6.45, 7) is 4.83. The van der Waals surface area contributed by atoms with E-state index >= 15 is 0 Å². The van der Waals surface area contributed by atoms with E-state index in [1.807, 2.05) is 0 Å². The standard InChI is InChI=1S/C14H18O5S/c1-9(2)20(18,19)13-6-4-10(3)8-11(13)12(15)5-7-14(16)17/h4,6,8-9H,5,7H2,1-3H3,(H,16,17). The van der Waals surface area contributed by atoms with Crippen LogP contribution in [0.5, 0.6) is 0 Å². The third-order valence-corrected chi connectivity index (χ3v) is 5.14. The minimum atomic E-state index is -3.58. The molecule has 0 saturated heterocycles. The summed E-state index contributed by atoms with van der Waals surface area (Å²) in [5.41, 5.74) is 0.839. The van der Waals surface area contributed by atoms with Crippen molar-refractivity contribution >= 4 is 21.6 Å². The number of hydrogen-bond donors (Lipinski definition) is 1.